The van der Waals surface area contributed by atoms with Crippen molar-refractivity contribution in [3.8, 4) is 17.2 Å². The van der Waals surface area contributed by atoms with Gasteiger partial charge in [-0.3, -0.25) is 4.79 Å². The van der Waals surface area contributed by atoms with E-state index in [1.165, 1.54) is 6.08 Å². The van der Waals surface area contributed by atoms with Crippen LogP contribution < -0.4 is 4.74 Å². The zero-order valence-electron chi connectivity index (χ0n) is 17.0. The smallest absolute Gasteiger partial charge is 0.379 e. The van der Waals surface area contributed by atoms with E-state index in [0.29, 0.717) is 24.7 Å². The molecule has 0 N–H and O–H groups in total. The predicted molar refractivity (Wildman–Crippen MR) is 113 cm³/mol. The van der Waals surface area contributed by atoms with E-state index in [9.17, 15) is 9.59 Å². The van der Waals surface area contributed by atoms with E-state index < -0.39 is 11.8 Å². The molecule has 0 spiro atoms. The number of hydrogen-bond acceptors (Lipinski definition) is 6. The number of carbonyl (C=O) groups excluding carboxylic acids is 2. The molecule has 2 aromatic carbocycles. The lowest BCUT2D eigenvalue weighted by Gasteiger charge is -2.05. The Morgan fingerprint density at radius 2 is 1.80 bits per heavy atom. The van der Waals surface area contributed by atoms with Crippen LogP contribution in [0.1, 0.15) is 23.9 Å². The summed E-state index contributed by atoms with van der Waals surface area (Å²) < 4.78 is 16.2. The van der Waals surface area contributed by atoms with Gasteiger partial charge in [0.05, 0.1) is 18.9 Å². The van der Waals surface area contributed by atoms with Crippen molar-refractivity contribution in [2.24, 2.45) is 0 Å². The molecule has 3 rings (SSSR count). The summed E-state index contributed by atoms with van der Waals surface area (Å²) in [5.74, 6) is 0.552. The minimum absolute atomic E-state index is 0.173. The van der Waals surface area contributed by atoms with E-state index in [0.717, 1.165) is 22.6 Å². The predicted octanol–water partition coefficient (Wildman–Crippen LogP) is 4.42. The van der Waals surface area contributed by atoms with Gasteiger partial charge in [-0.25, -0.2) is 9.78 Å². The average Bonchev–Trinajstić information content (AvgIpc) is 3.14. The Morgan fingerprint density at radius 1 is 1.07 bits per heavy atom. The second-order valence-electron chi connectivity index (χ2n) is 6.47. The van der Waals surface area contributed by atoms with E-state index in [1.54, 1.807) is 37.3 Å². The largest absolute Gasteiger partial charge is 0.493 e. The highest BCUT2D eigenvalue weighted by Crippen LogP contribution is 2.22. The van der Waals surface area contributed by atoms with Crippen LogP contribution in [-0.4, -0.2) is 30.0 Å². The van der Waals surface area contributed by atoms with Crippen molar-refractivity contribution in [3.63, 3.8) is 0 Å². The van der Waals surface area contributed by atoms with Crippen molar-refractivity contribution in [3.05, 3.63) is 77.7 Å². The Hall–Kier alpha value is -3.67. The van der Waals surface area contributed by atoms with Gasteiger partial charge < -0.3 is 13.9 Å². The van der Waals surface area contributed by atoms with Crippen molar-refractivity contribution in [2.45, 2.75) is 20.3 Å². The summed E-state index contributed by atoms with van der Waals surface area (Å²) in [4.78, 5) is 27.4. The lowest BCUT2D eigenvalue weighted by atomic mass is 10.2. The third kappa shape index (κ3) is 5.67. The molecule has 3 aromatic rings. The minimum Gasteiger partial charge on any atom is -0.493 e. The van der Waals surface area contributed by atoms with Gasteiger partial charge >= 0.3 is 5.97 Å². The number of rotatable bonds is 9. The highest BCUT2D eigenvalue weighted by atomic mass is 16.5. The van der Waals surface area contributed by atoms with Crippen LogP contribution >= 0.6 is 0 Å². The molecule has 6 heteroatoms. The van der Waals surface area contributed by atoms with E-state index in [4.69, 9.17) is 9.15 Å². The number of benzene rings is 2. The number of ether oxygens (including phenoxy) is 2. The summed E-state index contributed by atoms with van der Waals surface area (Å²) in [5.41, 5.74) is 2.59. The second-order valence-corrected chi connectivity index (χ2v) is 6.47. The Bertz CT molecular complexity index is 1020. The van der Waals surface area contributed by atoms with Gasteiger partial charge in [-0.1, -0.05) is 36.4 Å². The van der Waals surface area contributed by atoms with Gasteiger partial charge in [-0.05, 0) is 49.8 Å². The van der Waals surface area contributed by atoms with Crippen molar-refractivity contribution in [2.75, 3.05) is 13.2 Å². The maximum atomic E-state index is 11.6. The van der Waals surface area contributed by atoms with Crippen LogP contribution in [0.15, 0.2) is 65.1 Å². The zero-order valence-corrected chi connectivity index (χ0v) is 17.0. The van der Waals surface area contributed by atoms with Gasteiger partial charge in [0.25, 0.3) is 5.78 Å². The number of nitrogens with zero attached hydrogens (tertiary/aromatic N) is 1. The van der Waals surface area contributed by atoms with Crippen LogP contribution in [0.25, 0.3) is 17.5 Å². The molecule has 0 bridgehead atoms. The van der Waals surface area contributed by atoms with Crippen LogP contribution in [0, 0.1) is 6.92 Å². The molecule has 0 aliphatic rings. The SMILES string of the molecule is CCOC(=O)C(=O)/C=C/c1ccc(OCCc2nc(-c3ccccc3)oc2C)cc1. The van der Waals surface area contributed by atoms with Crippen molar-refractivity contribution in [1.29, 1.82) is 0 Å². The van der Waals surface area contributed by atoms with Gasteiger partial charge in [-0.2, -0.15) is 0 Å². The highest BCUT2D eigenvalue weighted by molar-refractivity contribution is 6.39. The lowest BCUT2D eigenvalue weighted by molar-refractivity contribution is -0.151. The number of carbonyl (C=O) groups is 2. The molecule has 30 heavy (non-hydrogen) atoms. The first-order valence-electron chi connectivity index (χ1n) is 9.70. The molecule has 0 aliphatic heterocycles. The Balaban J connectivity index is 1.52. The van der Waals surface area contributed by atoms with E-state index >= 15 is 0 Å². The van der Waals surface area contributed by atoms with Gasteiger partial charge in [-0.15, -0.1) is 0 Å². The number of aromatic nitrogens is 1. The number of ketones is 1. The minimum atomic E-state index is -0.854. The Morgan fingerprint density at radius 3 is 2.50 bits per heavy atom. The fourth-order valence-corrected chi connectivity index (χ4v) is 2.75. The lowest BCUT2D eigenvalue weighted by Crippen LogP contribution is -2.14. The summed E-state index contributed by atoms with van der Waals surface area (Å²) in [5, 5.41) is 0. The first-order valence-corrected chi connectivity index (χ1v) is 9.70. The zero-order chi connectivity index (χ0) is 21.3. The molecule has 1 heterocycles. The topological polar surface area (TPSA) is 78.6 Å². The average molecular weight is 405 g/mol. The fraction of sp³-hybridized carbons (Fsp3) is 0.208. The van der Waals surface area contributed by atoms with Crippen LogP contribution in [0.4, 0.5) is 0 Å². The second kappa shape index (κ2) is 10.2. The summed E-state index contributed by atoms with van der Waals surface area (Å²) in [6.07, 6.45) is 3.39. The number of esters is 1. The molecule has 0 atom stereocenters. The molecule has 1 aromatic heterocycles. The van der Waals surface area contributed by atoms with Crippen molar-refractivity contribution >= 4 is 17.8 Å². The molecule has 0 unspecified atom stereocenters. The van der Waals surface area contributed by atoms with Gasteiger partial charge in [0.1, 0.15) is 11.5 Å². The summed E-state index contributed by atoms with van der Waals surface area (Å²) >= 11 is 0. The van der Waals surface area contributed by atoms with Gasteiger partial charge in [0, 0.05) is 12.0 Å². The fourth-order valence-electron chi connectivity index (χ4n) is 2.75. The third-order valence-corrected chi connectivity index (χ3v) is 4.30. The van der Waals surface area contributed by atoms with Crippen LogP contribution in [-0.2, 0) is 20.7 Å². The summed E-state index contributed by atoms with van der Waals surface area (Å²) in [7, 11) is 0. The van der Waals surface area contributed by atoms with Crippen molar-refractivity contribution < 1.29 is 23.5 Å². The molecule has 6 nitrogen and oxygen atoms in total. The number of hydrogen-bond donors (Lipinski definition) is 0. The van der Waals surface area contributed by atoms with Gasteiger partial charge in [0.15, 0.2) is 0 Å². The number of oxazole rings is 1. The maximum Gasteiger partial charge on any atom is 0.379 e. The van der Waals surface area contributed by atoms with Crippen molar-refractivity contribution in [1.82, 2.24) is 4.98 Å². The summed E-state index contributed by atoms with van der Waals surface area (Å²) in [6, 6.07) is 17.0. The molecular weight excluding hydrogens is 382 g/mol. The van der Waals surface area contributed by atoms with Gasteiger partial charge in [0.2, 0.25) is 5.89 Å². The first kappa shape index (κ1) is 21.0. The highest BCUT2D eigenvalue weighted by Gasteiger charge is 2.12. The summed E-state index contributed by atoms with van der Waals surface area (Å²) in [6.45, 7) is 4.18. The normalized spacial score (nSPS) is 10.9. The molecule has 0 fully saturated rings. The third-order valence-electron chi connectivity index (χ3n) is 4.30. The molecule has 0 saturated heterocycles. The maximum absolute atomic E-state index is 11.6. The van der Waals surface area contributed by atoms with E-state index in [1.807, 2.05) is 37.3 Å². The monoisotopic (exact) mass is 405 g/mol. The van der Waals surface area contributed by atoms with Crippen LogP contribution in [0.2, 0.25) is 0 Å². The molecule has 154 valence electrons. The standard InChI is InChI=1S/C24H23NO5/c1-3-28-24(27)22(26)14-11-18-9-12-20(13-10-18)29-16-15-21-17(2)30-23(25-21)19-7-5-4-6-8-19/h4-14H,3,15-16H2,1-2H3/b14-11+. The molecule has 0 radical (unpaired) electrons. The van der Waals surface area contributed by atoms with E-state index in [-0.39, 0.29) is 6.61 Å². The molecule has 0 saturated carbocycles. The van der Waals surface area contributed by atoms with E-state index in [2.05, 4.69) is 9.72 Å². The molecule has 0 amide bonds. The molecular formula is C24H23NO5. The quantitative estimate of drug-likeness (QED) is 0.298. The van der Waals surface area contributed by atoms with Crippen LogP contribution in [0.5, 0.6) is 5.75 Å². The van der Waals surface area contributed by atoms with Crippen LogP contribution in [0.3, 0.4) is 0 Å². The first-order chi connectivity index (χ1) is 14.6. The Kier molecular flexibility index (Phi) is 7.16. The number of aryl methyl sites for hydroxylation is 1. The Labute approximate surface area is 175 Å². The molecule has 0 aliphatic carbocycles.